The summed E-state index contributed by atoms with van der Waals surface area (Å²) in [4.78, 5) is 32.5. The van der Waals surface area contributed by atoms with Gasteiger partial charge in [-0.3, -0.25) is 9.59 Å². The smallest absolute Gasteiger partial charge is 0.202 e. The lowest BCUT2D eigenvalue weighted by molar-refractivity contribution is -0.115. The lowest BCUT2D eigenvalue weighted by Crippen LogP contribution is -2.18. The monoisotopic (exact) mass is 369 g/mol. The Bertz CT molecular complexity index is 981. The van der Waals surface area contributed by atoms with Gasteiger partial charge in [0.15, 0.2) is 23.6 Å². The molecule has 0 spiro atoms. The van der Waals surface area contributed by atoms with Crippen LogP contribution in [0.2, 0.25) is 0 Å². The Balaban J connectivity index is 2.01. The van der Waals surface area contributed by atoms with Crippen LogP contribution in [0.1, 0.15) is 13.8 Å². The molecule has 1 aromatic heterocycles. The van der Waals surface area contributed by atoms with Gasteiger partial charge in [-0.05, 0) is 26.0 Å². The van der Waals surface area contributed by atoms with E-state index in [1.807, 2.05) is 0 Å². The molecular formula is C19H19N3O5. The number of carbonyl (C=O) groups excluding carboxylic acids is 2. The number of rotatable bonds is 6. The van der Waals surface area contributed by atoms with Crippen LogP contribution in [0, 0.1) is 0 Å². The molecule has 1 aromatic carbocycles. The number of ether oxygens (including phenoxy) is 3. The summed E-state index contributed by atoms with van der Waals surface area (Å²) < 4.78 is 16.2. The maximum atomic E-state index is 12.2. The number of methoxy groups -OCH3 is 2. The van der Waals surface area contributed by atoms with Crippen molar-refractivity contribution in [2.24, 2.45) is 0 Å². The average molecular weight is 369 g/mol. The summed E-state index contributed by atoms with van der Waals surface area (Å²) in [5.74, 6) is 0.785. The maximum absolute atomic E-state index is 12.2. The fourth-order valence-electron chi connectivity index (χ4n) is 2.53. The van der Waals surface area contributed by atoms with Gasteiger partial charge in [-0.2, -0.15) is 0 Å². The maximum Gasteiger partial charge on any atom is 0.202 e. The van der Waals surface area contributed by atoms with Crippen molar-refractivity contribution < 1.29 is 23.8 Å². The van der Waals surface area contributed by atoms with Gasteiger partial charge in [-0.25, -0.2) is 9.97 Å². The largest absolute Gasteiger partial charge is 0.493 e. The van der Waals surface area contributed by atoms with E-state index in [-0.39, 0.29) is 17.3 Å². The summed E-state index contributed by atoms with van der Waals surface area (Å²) in [6, 6.07) is 3.40. The molecule has 1 N–H and O–H groups in total. The van der Waals surface area contributed by atoms with E-state index < -0.39 is 6.29 Å². The molecule has 0 bridgehead atoms. The zero-order valence-electron chi connectivity index (χ0n) is 15.4. The third-order valence-electron chi connectivity index (χ3n) is 4.08. The number of hydrogen-bond donors (Lipinski definition) is 1. The van der Waals surface area contributed by atoms with E-state index >= 15 is 0 Å². The number of ketones is 2. The van der Waals surface area contributed by atoms with Gasteiger partial charge in [-0.1, -0.05) is 0 Å². The SMILES string of the molecule is COc1cc2c(NC3=CC(=O)C(C)=CC3=O)ncnc2cc1OC(C)OC. The fourth-order valence-corrected chi connectivity index (χ4v) is 2.53. The number of anilines is 1. The fraction of sp³-hybridized carbons (Fsp3) is 0.263. The first-order valence-corrected chi connectivity index (χ1v) is 8.20. The topological polar surface area (TPSA) is 99.6 Å². The molecule has 8 nitrogen and oxygen atoms in total. The van der Waals surface area contributed by atoms with Crippen molar-refractivity contribution in [3.8, 4) is 11.5 Å². The highest BCUT2D eigenvalue weighted by Gasteiger charge is 2.20. The third-order valence-corrected chi connectivity index (χ3v) is 4.08. The second-order valence-corrected chi connectivity index (χ2v) is 5.90. The summed E-state index contributed by atoms with van der Waals surface area (Å²) in [5, 5.41) is 3.53. The summed E-state index contributed by atoms with van der Waals surface area (Å²) in [7, 11) is 3.05. The molecule has 3 rings (SSSR count). The number of allylic oxidation sites excluding steroid dienone is 3. The molecule has 1 aliphatic rings. The third kappa shape index (κ3) is 3.80. The lowest BCUT2D eigenvalue weighted by atomic mass is 10.0. The number of nitrogens with zero attached hydrogens (tertiary/aromatic N) is 2. The van der Waals surface area contributed by atoms with Crippen LogP contribution in [-0.4, -0.2) is 42.0 Å². The van der Waals surface area contributed by atoms with E-state index in [0.29, 0.717) is 33.8 Å². The Morgan fingerprint density at radius 3 is 2.52 bits per heavy atom. The highest BCUT2D eigenvalue weighted by Crippen LogP contribution is 2.35. The Hall–Kier alpha value is -3.26. The highest BCUT2D eigenvalue weighted by molar-refractivity contribution is 6.21. The second kappa shape index (κ2) is 7.55. The zero-order chi connectivity index (χ0) is 19.6. The minimum atomic E-state index is -0.471. The minimum Gasteiger partial charge on any atom is -0.493 e. The molecule has 140 valence electrons. The zero-order valence-corrected chi connectivity index (χ0v) is 15.4. The Kier molecular flexibility index (Phi) is 5.18. The Morgan fingerprint density at radius 2 is 1.81 bits per heavy atom. The molecule has 0 radical (unpaired) electrons. The van der Waals surface area contributed by atoms with Crippen molar-refractivity contribution in [2.45, 2.75) is 20.1 Å². The first kappa shape index (κ1) is 18.5. The quantitative estimate of drug-likeness (QED) is 0.612. The number of carbonyl (C=O) groups is 2. The first-order chi connectivity index (χ1) is 12.9. The molecule has 8 heteroatoms. The van der Waals surface area contributed by atoms with Gasteiger partial charge in [0, 0.05) is 30.2 Å². The molecule has 0 saturated heterocycles. The van der Waals surface area contributed by atoms with Crippen molar-refractivity contribution in [3.63, 3.8) is 0 Å². The van der Waals surface area contributed by atoms with Crippen LogP contribution in [0.3, 0.4) is 0 Å². The summed E-state index contributed by atoms with van der Waals surface area (Å²) >= 11 is 0. The average Bonchev–Trinajstić information content (AvgIpc) is 2.65. The summed E-state index contributed by atoms with van der Waals surface area (Å²) in [6.45, 7) is 3.35. The van der Waals surface area contributed by atoms with Crippen LogP contribution >= 0.6 is 0 Å². The number of hydrogen-bond acceptors (Lipinski definition) is 8. The Labute approximate surface area is 155 Å². The van der Waals surface area contributed by atoms with E-state index in [9.17, 15) is 9.59 Å². The van der Waals surface area contributed by atoms with Gasteiger partial charge in [0.25, 0.3) is 0 Å². The van der Waals surface area contributed by atoms with Crippen LogP contribution in [0.5, 0.6) is 11.5 Å². The summed E-state index contributed by atoms with van der Waals surface area (Å²) in [5.41, 5.74) is 1.13. The molecule has 0 saturated carbocycles. The van der Waals surface area contributed by atoms with Crippen LogP contribution in [0.25, 0.3) is 10.9 Å². The van der Waals surface area contributed by atoms with Crippen molar-refractivity contribution in [3.05, 3.63) is 41.9 Å². The van der Waals surface area contributed by atoms with E-state index in [2.05, 4.69) is 15.3 Å². The standard InChI is InChI=1S/C19H19N3O5/c1-10-5-16(24)14(7-15(10)23)22-19-12-6-17(26-4)18(27-11(2)25-3)8-13(12)20-9-21-19/h5-9,11H,1-4H3,(H,20,21,22). The minimum absolute atomic E-state index is 0.151. The molecule has 27 heavy (non-hydrogen) atoms. The van der Waals surface area contributed by atoms with Crippen molar-refractivity contribution in [1.29, 1.82) is 0 Å². The van der Waals surface area contributed by atoms with Gasteiger partial charge in [0.1, 0.15) is 12.1 Å². The van der Waals surface area contributed by atoms with Gasteiger partial charge in [0.05, 0.1) is 18.3 Å². The van der Waals surface area contributed by atoms with E-state index in [4.69, 9.17) is 14.2 Å². The molecular weight excluding hydrogens is 350 g/mol. The molecule has 0 amide bonds. The van der Waals surface area contributed by atoms with Crippen LogP contribution < -0.4 is 14.8 Å². The van der Waals surface area contributed by atoms with E-state index in [1.54, 1.807) is 26.0 Å². The predicted octanol–water partition coefficient (Wildman–Crippen LogP) is 2.40. The van der Waals surface area contributed by atoms with E-state index in [1.165, 1.54) is 32.7 Å². The highest BCUT2D eigenvalue weighted by atomic mass is 16.7. The first-order valence-electron chi connectivity index (χ1n) is 8.20. The molecule has 2 aromatic rings. The molecule has 1 atom stereocenters. The van der Waals surface area contributed by atoms with Crippen LogP contribution in [0.4, 0.5) is 5.82 Å². The molecule has 0 fully saturated rings. The Morgan fingerprint density at radius 1 is 1.04 bits per heavy atom. The van der Waals surface area contributed by atoms with Gasteiger partial charge in [0.2, 0.25) is 5.78 Å². The molecule has 1 unspecified atom stereocenters. The number of aromatic nitrogens is 2. The van der Waals surface area contributed by atoms with Gasteiger partial charge < -0.3 is 19.5 Å². The van der Waals surface area contributed by atoms with Crippen molar-refractivity contribution >= 4 is 28.3 Å². The number of benzene rings is 1. The van der Waals surface area contributed by atoms with Crippen molar-refractivity contribution in [2.75, 3.05) is 19.5 Å². The normalized spacial score (nSPS) is 15.3. The van der Waals surface area contributed by atoms with Gasteiger partial charge >= 0.3 is 0 Å². The van der Waals surface area contributed by atoms with Crippen LogP contribution in [-0.2, 0) is 14.3 Å². The van der Waals surface area contributed by atoms with Crippen LogP contribution in [0.15, 0.2) is 41.9 Å². The van der Waals surface area contributed by atoms with Gasteiger partial charge in [-0.15, -0.1) is 0 Å². The number of fused-ring (bicyclic) bond motifs is 1. The molecule has 1 heterocycles. The molecule has 1 aliphatic carbocycles. The molecule has 0 aliphatic heterocycles. The summed E-state index contributed by atoms with van der Waals surface area (Å²) in [6.07, 6.45) is 3.45. The number of nitrogens with one attached hydrogen (secondary N) is 1. The lowest BCUT2D eigenvalue weighted by Gasteiger charge is -2.17. The van der Waals surface area contributed by atoms with E-state index in [0.717, 1.165) is 0 Å². The second-order valence-electron chi connectivity index (χ2n) is 5.90. The van der Waals surface area contributed by atoms with Crippen molar-refractivity contribution in [1.82, 2.24) is 9.97 Å². The predicted molar refractivity (Wildman–Crippen MR) is 98.7 cm³/mol.